The Labute approximate surface area is 211 Å². The van der Waals surface area contributed by atoms with Crippen molar-refractivity contribution in [1.82, 2.24) is 5.32 Å². The highest BCUT2D eigenvalue weighted by Crippen LogP contribution is 2.30. The number of halogens is 1. The molecule has 1 amide bonds. The van der Waals surface area contributed by atoms with Crippen molar-refractivity contribution in [3.63, 3.8) is 0 Å². The summed E-state index contributed by atoms with van der Waals surface area (Å²) in [7, 11) is 0. The summed E-state index contributed by atoms with van der Waals surface area (Å²) in [6.45, 7) is 0.124. The molecule has 176 valence electrons. The van der Waals surface area contributed by atoms with Crippen LogP contribution in [0.25, 0.3) is 0 Å². The lowest BCUT2D eigenvalue weighted by molar-refractivity contribution is -0.124. The summed E-state index contributed by atoms with van der Waals surface area (Å²) in [6.07, 6.45) is 2.34. The number of allylic oxidation sites excluding steroid dienone is 3. The highest BCUT2D eigenvalue weighted by Gasteiger charge is 2.22. The number of ketones is 2. The molecule has 3 aromatic rings. The minimum Gasteiger partial charge on any atom is -0.489 e. The smallest absolute Gasteiger partial charge is 0.262 e. The van der Waals surface area contributed by atoms with E-state index < -0.39 is 11.7 Å². The van der Waals surface area contributed by atoms with Gasteiger partial charge in [0, 0.05) is 22.1 Å². The molecular formula is C27H20ClNO5S. The second kappa shape index (κ2) is 11.6. The van der Waals surface area contributed by atoms with E-state index in [0.717, 1.165) is 28.3 Å². The lowest BCUT2D eigenvalue weighted by atomic mass is 10.1. The lowest BCUT2D eigenvalue weighted by Crippen LogP contribution is -2.33. The third-order valence-corrected chi connectivity index (χ3v) is 6.10. The van der Waals surface area contributed by atoms with E-state index in [2.05, 4.69) is 5.32 Å². The molecule has 35 heavy (non-hydrogen) atoms. The molecule has 1 aliphatic rings. The van der Waals surface area contributed by atoms with E-state index in [1.54, 1.807) is 48.5 Å². The predicted molar refractivity (Wildman–Crippen MR) is 134 cm³/mol. The minimum absolute atomic E-state index is 0.0892. The van der Waals surface area contributed by atoms with Crippen LogP contribution in [0.3, 0.4) is 0 Å². The number of carbonyl (C=O) groups excluding carboxylic acids is 3. The van der Waals surface area contributed by atoms with Crippen molar-refractivity contribution < 1.29 is 23.9 Å². The number of thioether (sulfide) groups is 1. The molecule has 1 N–H and O–H groups in total. The van der Waals surface area contributed by atoms with Gasteiger partial charge in [0.25, 0.3) is 5.91 Å². The Hall–Kier alpha value is -3.81. The molecule has 0 heterocycles. The molecule has 4 rings (SSSR count). The minimum atomic E-state index is -0.552. The third kappa shape index (κ3) is 7.09. The molecule has 0 aromatic heterocycles. The van der Waals surface area contributed by atoms with E-state index in [4.69, 9.17) is 21.1 Å². The van der Waals surface area contributed by atoms with E-state index in [1.165, 1.54) is 6.08 Å². The topological polar surface area (TPSA) is 81.7 Å². The van der Waals surface area contributed by atoms with Crippen molar-refractivity contribution in [2.24, 2.45) is 0 Å². The number of hydrogen-bond acceptors (Lipinski definition) is 6. The number of ether oxygens (including phenoxy) is 2. The van der Waals surface area contributed by atoms with Gasteiger partial charge in [-0.1, -0.05) is 53.7 Å². The summed E-state index contributed by atoms with van der Waals surface area (Å²) in [4.78, 5) is 38.1. The molecule has 0 saturated carbocycles. The number of nitrogens with one attached hydrogen (secondary N) is 1. The van der Waals surface area contributed by atoms with Gasteiger partial charge in [-0.2, -0.15) is 0 Å². The summed E-state index contributed by atoms with van der Waals surface area (Å²) in [5.74, 6) is -0.250. The molecule has 6 nitrogen and oxygen atoms in total. The van der Waals surface area contributed by atoms with Crippen LogP contribution < -0.4 is 14.8 Å². The third-order valence-electron chi connectivity index (χ3n) is 4.80. The zero-order valence-electron chi connectivity index (χ0n) is 18.4. The number of carbonyl (C=O) groups is 3. The Kier molecular flexibility index (Phi) is 8.03. The fraction of sp³-hybridized carbons (Fsp3) is 0.0741. The molecule has 0 unspecified atom stereocenters. The zero-order chi connectivity index (χ0) is 24.6. The molecule has 0 spiro atoms. The number of hydrogen-bond donors (Lipinski definition) is 1. The fourth-order valence-corrected chi connectivity index (χ4v) is 4.03. The molecule has 0 radical (unpaired) electrons. The second-order valence-electron chi connectivity index (χ2n) is 7.43. The lowest BCUT2D eigenvalue weighted by Gasteiger charge is -2.13. The summed E-state index contributed by atoms with van der Waals surface area (Å²) in [5, 5.41) is 3.02. The predicted octanol–water partition coefficient (Wildman–Crippen LogP) is 5.13. The average molecular weight is 506 g/mol. The zero-order valence-corrected chi connectivity index (χ0v) is 20.0. The molecule has 0 saturated heterocycles. The Morgan fingerprint density at radius 2 is 1.46 bits per heavy atom. The maximum atomic E-state index is 12.4. The first-order valence-electron chi connectivity index (χ1n) is 10.6. The first kappa shape index (κ1) is 24.3. The Bertz CT molecular complexity index is 1290. The molecule has 0 bridgehead atoms. The summed E-state index contributed by atoms with van der Waals surface area (Å²) in [5.41, 5.74) is 0.966. The van der Waals surface area contributed by atoms with Crippen molar-refractivity contribution in [2.45, 2.75) is 11.5 Å². The SMILES string of the molecule is O=C(COc1ccc(OCc2ccccc2)cc1)NC1=CC(=O)C(Sc2ccc(Cl)cc2)=CC1=O. The fourth-order valence-electron chi connectivity index (χ4n) is 3.06. The van der Waals surface area contributed by atoms with Gasteiger partial charge in [-0.3, -0.25) is 14.4 Å². The molecular weight excluding hydrogens is 486 g/mol. The Balaban J connectivity index is 1.25. The van der Waals surface area contributed by atoms with Crippen LogP contribution in [-0.2, 0) is 21.0 Å². The maximum absolute atomic E-state index is 12.4. The van der Waals surface area contributed by atoms with Crippen LogP contribution in [0, 0.1) is 0 Å². The van der Waals surface area contributed by atoms with Gasteiger partial charge >= 0.3 is 0 Å². The monoisotopic (exact) mass is 505 g/mol. The normalized spacial score (nSPS) is 13.1. The van der Waals surface area contributed by atoms with Gasteiger partial charge in [0.05, 0.1) is 10.6 Å². The number of amides is 1. The molecule has 0 aliphatic heterocycles. The van der Waals surface area contributed by atoms with E-state index in [9.17, 15) is 14.4 Å². The van der Waals surface area contributed by atoms with E-state index in [0.29, 0.717) is 23.1 Å². The van der Waals surface area contributed by atoms with Gasteiger partial charge in [-0.15, -0.1) is 0 Å². The summed E-state index contributed by atoms with van der Waals surface area (Å²) in [6, 6.07) is 23.6. The van der Waals surface area contributed by atoms with Crippen LogP contribution in [0.15, 0.2) is 107 Å². The Morgan fingerprint density at radius 3 is 2.14 bits per heavy atom. The first-order chi connectivity index (χ1) is 17.0. The maximum Gasteiger partial charge on any atom is 0.262 e. The van der Waals surface area contributed by atoms with Gasteiger partial charge in [-0.25, -0.2) is 0 Å². The van der Waals surface area contributed by atoms with Crippen molar-refractivity contribution in [2.75, 3.05) is 6.61 Å². The quantitative estimate of drug-likeness (QED) is 0.406. The number of benzene rings is 3. The van der Waals surface area contributed by atoms with Crippen LogP contribution in [0.1, 0.15) is 5.56 Å². The van der Waals surface area contributed by atoms with E-state index >= 15 is 0 Å². The standard InChI is InChI=1S/C27H20ClNO5S/c28-19-6-12-22(13-7-19)35-26-15-24(30)23(14-25(26)31)29-27(32)17-34-21-10-8-20(9-11-21)33-16-18-4-2-1-3-5-18/h1-15H,16-17H2,(H,29,32). The highest BCUT2D eigenvalue weighted by molar-refractivity contribution is 8.04. The first-order valence-corrected chi connectivity index (χ1v) is 11.8. The van der Waals surface area contributed by atoms with Crippen molar-refractivity contribution in [1.29, 1.82) is 0 Å². The highest BCUT2D eigenvalue weighted by atomic mass is 35.5. The van der Waals surface area contributed by atoms with E-state index in [-0.39, 0.29) is 23.0 Å². The average Bonchev–Trinajstić information content (AvgIpc) is 2.87. The summed E-state index contributed by atoms with van der Waals surface area (Å²) >= 11 is 7.03. The van der Waals surface area contributed by atoms with Crippen LogP contribution in [0.2, 0.25) is 5.02 Å². The van der Waals surface area contributed by atoms with Crippen molar-refractivity contribution in [3.05, 3.63) is 112 Å². The molecule has 0 fully saturated rings. The van der Waals surface area contributed by atoms with Crippen molar-refractivity contribution >= 4 is 40.8 Å². The summed E-state index contributed by atoms with van der Waals surface area (Å²) < 4.78 is 11.2. The molecule has 8 heteroatoms. The van der Waals surface area contributed by atoms with Gasteiger partial charge in [0.2, 0.25) is 5.78 Å². The second-order valence-corrected chi connectivity index (χ2v) is 8.99. The van der Waals surface area contributed by atoms with Crippen LogP contribution in [0.5, 0.6) is 11.5 Å². The van der Waals surface area contributed by atoms with Crippen LogP contribution in [-0.4, -0.2) is 24.1 Å². The van der Waals surface area contributed by atoms with Gasteiger partial charge in [0.1, 0.15) is 18.1 Å². The number of rotatable bonds is 9. The van der Waals surface area contributed by atoms with Gasteiger partial charge in [0.15, 0.2) is 12.4 Å². The largest absolute Gasteiger partial charge is 0.489 e. The Morgan fingerprint density at radius 1 is 0.800 bits per heavy atom. The van der Waals surface area contributed by atoms with Crippen LogP contribution in [0.4, 0.5) is 0 Å². The van der Waals surface area contributed by atoms with Crippen molar-refractivity contribution in [3.8, 4) is 11.5 Å². The van der Waals surface area contributed by atoms with E-state index in [1.807, 2.05) is 30.3 Å². The van der Waals surface area contributed by atoms with Gasteiger partial charge in [-0.05, 0) is 54.1 Å². The molecule has 3 aromatic carbocycles. The molecule has 0 atom stereocenters. The molecule has 1 aliphatic carbocycles. The van der Waals surface area contributed by atoms with Crippen LogP contribution >= 0.6 is 23.4 Å². The van der Waals surface area contributed by atoms with Gasteiger partial charge < -0.3 is 14.8 Å².